The summed E-state index contributed by atoms with van der Waals surface area (Å²) in [4.78, 5) is 12.6. The van der Waals surface area contributed by atoms with Crippen molar-refractivity contribution in [3.63, 3.8) is 0 Å². The molecule has 1 aromatic rings. The van der Waals surface area contributed by atoms with Crippen molar-refractivity contribution >= 4 is 11.6 Å². The second kappa shape index (κ2) is 7.11. The molecule has 5 nitrogen and oxygen atoms in total. The summed E-state index contributed by atoms with van der Waals surface area (Å²) < 4.78 is 0. The Kier molecular flexibility index (Phi) is 5.79. The molecule has 0 saturated heterocycles. The van der Waals surface area contributed by atoms with Crippen LogP contribution < -0.4 is 10.2 Å². The highest BCUT2D eigenvalue weighted by Crippen LogP contribution is 2.27. The summed E-state index contributed by atoms with van der Waals surface area (Å²) in [5, 5.41) is 22.8. The molecule has 0 aliphatic rings. The number of anilines is 1. The molecule has 0 aromatic heterocycles. The lowest BCUT2D eigenvalue weighted by atomic mass is 10.00. The van der Waals surface area contributed by atoms with Crippen LogP contribution >= 0.6 is 0 Å². The first-order valence-electron chi connectivity index (χ1n) is 6.30. The van der Waals surface area contributed by atoms with Crippen molar-refractivity contribution in [2.75, 3.05) is 25.5 Å². The average Bonchev–Trinajstić information content (AvgIpc) is 2.37. The molecule has 106 valence electrons. The van der Waals surface area contributed by atoms with Crippen LogP contribution in [-0.4, -0.2) is 42.9 Å². The third-order valence-corrected chi connectivity index (χ3v) is 2.92. The number of para-hydroxylation sites is 1. The van der Waals surface area contributed by atoms with Crippen molar-refractivity contribution in [1.29, 1.82) is 0 Å². The van der Waals surface area contributed by atoms with Crippen LogP contribution in [0.15, 0.2) is 24.3 Å². The fourth-order valence-electron chi connectivity index (χ4n) is 1.91. The van der Waals surface area contributed by atoms with Crippen LogP contribution in [0.4, 0.5) is 5.69 Å². The molecule has 3 N–H and O–H groups in total. The topological polar surface area (TPSA) is 72.8 Å². The molecule has 0 radical (unpaired) electrons. The Hall–Kier alpha value is -1.59. The molecule has 0 fully saturated rings. The van der Waals surface area contributed by atoms with Crippen molar-refractivity contribution in [1.82, 2.24) is 5.32 Å². The first kappa shape index (κ1) is 15.5. The highest BCUT2D eigenvalue weighted by molar-refractivity contribution is 5.72. The lowest BCUT2D eigenvalue weighted by molar-refractivity contribution is -0.119. The molecule has 0 aliphatic carbocycles. The van der Waals surface area contributed by atoms with Crippen molar-refractivity contribution in [3.05, 3.63) is 29.8 Å². The van der Waals surface area contributed by atoms with Gasteiger partial charge in [0.25, 0.3) is 0 Å². The molecule has 0 bridgehead atoms. The van der Waals surface area contributed by atoms with Crippen LogP contribution in [0.25, 0.3) is 0 Å². The van der Waals surface area contributed by atoms with E-state index >= 15 is 0 Å². The summed E-state index contributed by atoms with van der Waals surface area (Å²) in [6, 6.07) is 7.39. The minimum atomic E-state index is -0.965. The molecule has 2 unspecified atom stereocenters. The number of hydrogen-bond acceptors (Lipinski definition) is 4. The van der Waals surface area contributed by atoms with Gasteiger partial charge >= 0.3 is 0 Å². The van der Waals surface area contributed by atoms with Gasteiger partial charge in [-0.2, -0.15) is 0 Å². The van der Waals surface area contributed by atoms with Gasteiger partial charge in [0.15, 0.2) is 0 Å². The Labute approximate surface area is 113 Å². The van der Waals surface area contributed by atoms with Crippen LogP contribution in [0.3, 0.4) is 0 Å². The van der Waals surface area contributed by atoms with E-state index in [2.05, 4.69) is 5.32 Å². The fraction of sp³-hybridized carbons (Fsp3) is 0.500. The van der Waals surface area contributed by atoms with Crippen molar-refractivity contribution < 1.29 is 15.0 Å². The normalized spacial score (nSPS) is 13.7. The van der Waals surface area contributed by atoms with Gasteiger partial charge in [0.1, 0.15) is 6.10 Å². The number of amides is 1. The molecule has 1 rings (SSSR count). The summed E-state index contributed by atoms with van der Waals surface area (Å²) >= 11 is 0. The summed E-state index contributed by atoms with van der Waals surface area (Å²) in [6.07, 6.45) is -1.57. The third-order valence-electron chi connectivity index (χ3n) is 2.92. The standard InChI is InChI=1S/C14H22N2O3/c1-10(17)15-9-8-13(18)14(19)11-6-4-5-7-12(11)16(2)3/h4-7,13-14,18-19H,8-9H2,1-3H3,(H,15,17). The lowest BCUT2D eigenvalue weighted by Crippen LogP contribution is -2.28. The number of carbonyl (C=O) groups is 1. The summed E-state index contributed by atoms with van der Waals surface area (Å²) in [7, 11) is 3.77. The number of hydrogen-bond donors (Lipinski definition) is 3. The number of aliphatic hydroxyl groups is 2. The Morgan fingerprint density at radius 1 is 1.32 bits per heavy atom. The summed E-state index contributed by atoms with van der Waals surface area (Å²) in [5.74, 6) is -0.143. The van der Waals surface area contributed by atoms with E-state index < -0.39 is 12.2 Å². The molecular weight excluding hydrogens is 244 g/mol. The number of nitrogens with one attached hydrogen (secondary N) is 1. The predicted molar refractivity (Wildman–Crippen MR) is 75.0 cm³/mol. The van der Waals surface area contributed by atoms with Gasteiger partial charge in [0, 0.05) is 38.8 Å². The van der Waals surface area contributed by atoms with Gasteiger partial charge in [-0.25, -0.2) is 0 Å². The van der Waals surface area contributed by atoms with Gasteiger partial charge in [0.2, 0.25) is 5.91 Å². The highest BCUT2D eigenvalue weighted by atomic mass is 16.3. The van der Waals surface area contributed by atoms with E-state index in [1.54, 1.807) is 6.07 Å². The van der Waals surface area contributed by atoms with E-state index in [0.29, 0.717) is 18.5 Å². The number of rotatable bonds is 6. The van der Waals surface area contributed by atoms with Crippen molar-refractivity contribution in [3.8, 4) is 0 Å². The molecule has 0 spiro atoms. The van der Waals surface area contributed by atoms with Crippen LogP contribution in [0.2, 0.25) is 0 Å². The van der Waals surface area contributed by atoms with Crippen LogP contribution in [0, 0.1) is 0 Å². The van der Waals surface area contributed by atoms with Crippen molar-refractivity contribution in [2.45, 2.75) is 25.6 Å². The van der Waals surface area contributed by atoms with Gasteiger partial charge in [-0.3, -0.25) is 4.79 Å². The minimum absolute atomic E-state index is 0.143. The van der Waals surface area contributed by atoms with E-state index in [0.717, 1.165) is 5.69 Å². The van der Waals surface area contributed by atoms with E-state index in [-0.39, 0.29) is 5.91 Å². The summed E-state index contributed by atoms with van der Waals surface area (Å²) in [6.45, 7) is 1.77. The molecule has 0 heterocycles. The average molecular weight is 266 g/mol. The molecule has 2 atom stereocenters. The van der Waals surface area contributed by atoms with E-state index in [1.807, 2.05) is 37.2 Å². The zero-order chi connectivity index (χ0) is 14.4. The zero-order valence-corrected chi connectivity index (χ0v) is 11.6. The maximum atomic E-state index is 10.7. The molecule has 5 heteroatoms. The smallest absolute Gasteiger partial charge is 0.216 e. The molecular formula is C14H22N2O3. The van der Waals surface area contributed by atoms with E-state index in [9.17, 15) is 15.0 Å². The monoisotopic (exact) mass is 266 g/mol. The van der Waals surface area contributed by atoms with Crippen molar-refractivity contribution in [2.24, 2.45) is 0 Å². The van der Waals surface area contributed by atoms with Crippen LogP contribution in [-0.2, 0) is 4.79 Å². The van der Waals surface area contributed by atoms with Gasteiger partial charge < -0.3 is 20.4 Å². The predicted octanol–water partition coefficient (Wildman–Crippen LogP) is 0.673. The van der Waals surface area contributed by atoms with E-state index in [1.165, 1.54) is 6.92 Å². The lowest BCUT2D eigenvalue weighted by Gasteiger charge is -2.24. The number of nitrogens with zero attached hydrogens (tertiary/aromatic N) is 1. The zero-order valence-electron chi connectivity index (χ0n) is 11.6. The van der Waals surface area contributed by atoms with Gasteiger partial charge in [-0.15, -0.1) is 0 Å². The first-order chi connectivity index (χ1) is 8.93. The Morgan fingerprint density at radius 2 is 1.95 bits per heavy atom. The number of benzene rings is 1. The first-order valence-corrected chi connectivity index (χ1v) is 6.30. The van der Waals surface area contributed by atoms with Gasteiger partial charge in [-0.1, -0.05) is 18.2 Å². The molecule has 0 aliphatic heterocycles. The fourth-order valence-corrected chi connectivity index (χ4v) is 1.91. The van der Waals surface area contributed by atoms with E-state index in [4.69, 9.17) is 0 Å². The Balaban J connectivity index is 2.71. The molecule has 0 saturated carbocycles. The third kappa shape index (κ3) is 4.54. The minimum Gasteiger partial charge on any atom is -0.390 e. The largest absolute Gasteiger partial charge is 0.390 e. The quantitative estimate of drug-likeness (QED) is 0.708. The Morgan fingerprint density at radius 3 is 2.53 bits per heavy atom. The highest BCUT2D eigenvalue weighted by Gasteiger charge is 2.21. The molecule has 19 heavy (non-hydrogen) atoms. The molecule has 1 aromatic carbocycles. The molecule has 1 amide bonds. The van der Waals surface area contributed by atoms with Crippen LogP contribution in [0.5, 0.6) is 0 Å². The Bertz CT molecular complexity index is 421. The maximum Gasteiger partial charge on any atom is 0.216 e. The maximum absolute atomic E-state index is 10.7. The van der Waals surface area contributed by atoms with Crippen LogP contribution in [0.1, 0.15) is 25.0 Å². The number of aliphatic hydroxyl groups excluding tert-OH is 2. The summed E-state index contributed by atoms with van der Waals surface area (Å²) in [5.41, 5.74) is 1.55. The SMILES string of the molecule is CC(=O)NCCC(O)C(O)c1ccccc1N(C)C. The second-order valence-corrected chi connectivity index (χ2v) is 4.74. The van der Waals surface area contributed by atoms with Gasteiger partial charge in [0.05, 0.1) is 6.10 Å². The number of carbonyl (C=O) groups excluding carboxylic acids is 1. The van der Waals surface area contributed by atoms with Gasteiger partial charge in [-0.05, 0) is 12.5 Å². The second-order valence-electron chi connectivity index (χ2n) is 4.74.